The van der Waals surface area contributed by atoms with Crippen LogP contribution in [-0.4, -0.2) is 0 Å². The number of hydrogen-bond acceptors (Lipinski definition) is 0. The first-order chi connectivity index (χ1) is 14.5. The van der Waals surface area contributed by atoms with Crippen molar-refractivity contribution in [2.45, 2.75) is 89.9 Å². The van der Waals surface area contributed by atoms with Crippen LogP contribution in [0.2, 0.25) is 5.02 Å². The Labute approximate surface area is 185 Å². The SMILES string of the molecule is CCCCCCC[C@@H]1CC[C@@H]2CC(c3cc(F)c4cc(Cl)c(F)cc4c3)CCC2C1. The second-order valence-electron chi connectivity index (χ2n) is 9.90. The van der Waals surface area contributed by atoms with Crippen LogP contribution in [0.1, 0.15) is 95.5 Å². The van der Waals surface area contributed by atoms with Crippen molar-refractivity contribution in [1.29, 1.82) is 0 Å². The molecule has 0 N–H and O–H groups in total. The molecule has 0 bridgehead atoms. The summed E-state index contributed by atoms with van der Waals surface area (Å²) in [7, 11) is 0. The van der Waals surface area contributed by atoms with E-state index in [0.29, 0.717) is 16.7 Å². The van der Waals surface area contributed by atoms with Gasteiger partial charge in [-0.2, -0.15) is 0 Å². The van der Waals surface area contributed by atoms with Crippen LogP contribution in [0.3, 0.4) is 0 Å². The van der Waals surface area contributed by atoms with E-state index in [-0.39, 0.29) is 10.8 Å². The van der Waals surface area contributed by atoms with E-state index >= 15 is 0 Å². The molecule has 0 heterocycles. The largest absolute Gasteiger partial charge is 0.206 e. The molecule has 0 aliphatic heterocycles. The lowest BCUT2D eigenvalue weighted by Gasteiger charge is -2.42. The predicted molar refractivity (Wildman–Crippen MR) is 123 cm³/mol. The van der Waals surface area contributed by atoms with E-state index in [1.165, 1.54) is 76.3 Å². The van der Waals surface area contributed by atoms with E-state index < -0.39 is 5.82 Å². The van der Waals surface area contributed by atoms with Gasteiger partial charge in [0.2, 0.25) is 0 Å². The minimum absolute atomic E-state index is 0.0169. The first-order valence-electron chi connectivity index (χ1n) is 12.1. The van der Waals surface area contributed by atoms with E-state index in [4.69, 9.17) is 11.6 Å². The van der Waals surface area contributed by atoms with Gasteiger partial charge in [0.05, 0.1) is 5.02 Å². The summed E-state index contributed by atoms with van der Waals surface area (Å²) < 4.78 is 28.6. The number of unbranched alkanes of at least 4 members (excludes halogenated alkanes) is 4. The lowest BCUT2D eigenvalue weighted by molar-refractivity contribution is 0.113. The molecule has 2 fully saturated rings. The first-order valence-corrected chi connectivity index (χ1v) is 12.5. The summed E-state index contributed by atoms with van der Waals surface area (Å²) in [6, 6.07) is 6.45. The Kier molecular flexibility index (Phi) is 7.34. The van der Waals surface area contributed by atoms with E-state index in [0.717, 1.165) is 36.2 Å². The Balaban J connectivity index is 1.37. The lowest BCUT2D eigenvalue weighted by atomic mass is 9.63. The predicted octanol–water partition coefficient (Wildman–Crippen LogP) is 9.43. The molecule has 2 aromatic carbocycles. The van der Waals surface area contributed by atoms with E-state index in [1.807, 2.05) is 6.07 Å². The monoisotopic (exact) mass is 432 g/mol. The van der Waals surface area contributed by atoms with Crippen molar-refractivity contribution < 1.29 is 8.78 Å². The van der Waals surface area contributed by atoms with Gasteiger partial charge in [0, 0.05) is 5.39 Å². The molecule has 2 aromatic rings. The molecule has 0 radical (unpaired) electrons. The molecule has 0 amide bonds. The summed E-state index contributed by atoms with van der Waals surface area (Å²) in [5.41, 5.74) is 1.04. The van der Waals surface area contributed by atoms with Crippen molar-refractivity contribution in [2.75, 3.05) is 0 Å². The minimum Gasteiger partial charge on any atom is -0.206 e. The molecule has 4 atom stereocenters. The molecule has 30 heavy (non-hydrogen) atoms. The average Bonchev–Trinajstić information content (AvgIpc) is 2.74. The summed E-state index contributed by atoms with van der Waals surface area (Å²) in [5, 5.41) is 1.02. The van der Waals surface area contributed by atoms with Gasteiger partial charge in [-0.3, -0.25) is 0 Å². The fourth-order valence-electron chi connectivity index (χ4n) is 6.16. The second-order valence-corrected chi connectivity index (χ2v) is 10.3. The third-order valence-corrected chi connectivity index (χ3v) is 8.16. The highest BCUT2D eigenvalue weighted by molar-refractivity contribution is 6.31. The van der Waals surface area contributed by atoms with Crippen molar-refractivity contribution in [1.82, 2.24) is 0 Å². The van der Waals surface area contributed by atoms with Crippen LogP contribution >= 0.6 is 11.6 Å². The molecule has 0 nitrogen and oxygen atoms in total. The summed E-state index contributed by atoms with van der Waals surface area (Å²) in [6.45, 7) is 2.28. The third-order valence-electron chi connectivity index (χ3n) is 7.87. The Hall–Kier alpha value is -1.15. The molecule has 2 aliphatic rings. The molecule has 3 heteroatoms. The summed E-state index contributed by atoms with van der Waals surface area (Å²) >= 11 is 5.85. The first kappa shape index (κ1) is 22.1. The molecule has 164 valence electrons. The third kappa shape index (κ3) is 5.01. The minimum atomic E-state index is -0.475. The van der Waals surface area contributed by atoms with Gasteiger partial charge in [-0.05, 0) is 84.9 Å². The van der Waals surface area contributed by atoms with Gasteiger partial charge >= 0.3 is 0 Å². The zero-order valence-corrected chi connectivity index (χ0v) is 19.0. The molecule has 2 unspecified atom stereocenters. The van der Waals surface area contributed by atoms with Crippen molar-refractivity contribution in [3.8, 4) is 0 Å². The maximum Gasteiger partial charge on any atom is 0.142 e. The van der Waals surface area contributed by atoms with Crippen LogP contribution < -0.4 is 0 Å². The van der Waals surface area contributed by atoms with Gasteiger partial charge in [0.15, 0.2) is 0 Å². The van der Waals surface area contributed by atoms with E-state index in [2.05, 4.69) is 6.92 Å². The van der Waals surface area contributed by atoms with Gasteiger partial charge in [0.25, 0.3) is 0 Å². The Morgan fingerprint density at radius 1 is 0.833 bits per heavy atom. The fraction of sp³-hybridized carbons (Fsp3) is 0.630. The van der Waals surface area contributed by atoms with Gasteiger partial charge in [-0.15, -0.1) is 0 Å². The van der Waals surface area contributed by atoms with Crippen molar-refractivity contribution in [3.63, 3.8) is 0 Å². The highest BCUT2D eigenvalue weighted by Gasteiger charge is 2.36. The normalized spacial score (nSPS) is 26.7. The molecular weight excluding hydrogens is 398 g/mol. The van der Waals surface area contributed by atoms with Crippen LogP contribution in [0.4, 0.5) is 8.78 Å². The molecule has 2 saturated carbocycles. The number of halogens is 3. The Morgan fingerprint density at radius 3 is 2.43 bits per heavy atom. The van der Waals surface area contributed by atoms with E-state index in [9.17, 15) is 8.78 Å². The molecule has 0 aromatic heterocycles. The fourth-order valence-corrected chi connectivity index (χ4v) is 6.32. The van der Waals surface area contributed by atoms with Gasteiger partial charge < -0.3 is 0 Å². The van der Waals surface area contributed by atoms with Crippen LogP contribution in [0.15, 0.2) is 24.3 Å². The van der Waals surface area contributed by atoms with Gasteiger partial charge in [-0.25, -0.2) is 8.78 Å². The topological polar surface area (TPSA) is 0 Å². The zero-order chi connectivity index (χ0) is 21.1. The van der Waals surface area contributed by atoms with E-state index in [1.54, 1.807) is 6.07 Å². The van der Waals surface area contributed by atoms with Gasteiger partial charge in [-0.1, -0.05) is 69.5 Å². The summed E-state index contributed by atoms with van der Waals surface area (Å²) in [6.07, 6.45) is 16.0. The standard InChI is InChI=1S/C27H35ClF2/c1-2-3-4-5-6-7-18-8-9-20-13-21(11-10-19(20)12-18)22-14-23-16-27(30)25(28)17-24(23)26(29)15-22/h14-21H,2-13H2,1H3/t18-,19?,20-,21?/m1/s1. The highest BCUT2D eigenvalue weighted by atomic mass is 35.5. The number of fused-ring (bicyclic) bond motifs is 2. The number of benzene rings is 2. The maximum atomic E-state index is 14.7. The van der Waals surface area contributed by atoms with Crippen LogP contribution in [0.5, 0.6) is 0 Å². The summed E-state index contributed by atoms with van der Waals surface area (Å²) in [4.78, 5) is 0. The smallest absolute Gasteiger partial charge is 0.142 e. The maximum absolute atomic E-state index is 14.7. The van der Waals surface area contributed by atoms with Crippen LogP contribution in [-0.2, 0) is 0 Å². The van der Waals surface area contributed by atoms with Crippen LogP contribution in [0, 0.1) is 29.4 Å². The summed E-state index contributed by atoms with van der Waals surface area (Å²) in [5.74, 6) is 2.21. The van der Waals surface area contributed by atoms with Crippen molar-refractivity contribution >= 4 is 22.4 Å². The molecule has 0 spiro atoms. The van der Waals surface area contributed by atoms with Crippen molar-refractivity contribution in [2.24, 2.45) is 17.8 Å². The zero-order valence-electron chi connectivity index (χ0n) is 18.2. The Bertz CT molecular complexity index is 862. The van der Waals surface area contributed by atoms with Gasteiger partial charge in [0.1, 0.15) is 11.6 Å². The second kappa shape index (κ2) is 9.98. The quantitative estimate of drug-likeness (QED) is 0.382. The highest BCUT2D eigenvalue weighted by Crippen LogP contribution is 2.48. The van der Waals surface area contributed by atoms with Crippen molar-refractivity contribution in [3.05, 3.63) is 46.5 Å². The molecule has 4 rings (SSSR count). The number of rotatable bonds is 7. The molecular formula is C27H35ClF2. The van der Waals surface area contributed by atoms with Crippen LogP contribution in [0.25, 0.3) is 10.8 Å². The lowest BCUT2D eigenvalue weighted by Crippen LogP contribution is -2.30. The number of hydrogen-bond donors (Lipinski definition) is 0. The molecule has 2 aliphatic carbocycles. The Morgan fingerprint density at radius 2 is 1.60 bits per heavy atom. The average molecular weight is 433 g/mol. The molecule has 0 saturated heterocycles.